The summed E-state index contributed by atoms with van der Waals surface area (Å²) in [6, 6.07) is 16.8. The molecular formula is C25H29N3O2. The second-order valence-corrected chi connectivity index (χ2v) is 8.27. The number of rotatable bonds is 4. The Morgan fingerprint density at radius 1 is 0.967 bits per heavy atom. The number of fused-ring (bicyclic) bond motifs is 1. The van der Waals surface area contributed by atoms with E-state index in [4.69, 9.17) is 0 Å². The molecular weight excluding hydrogens is 374 g/mol. The molecule has 0 aliphatic carbocycles. The lowest BCUT2D eigenvalue weighted by molar-refractivity contribution is -0.138. The van der Waals surface area contributed by atoms with Crippen molar-refractivity contribution < 1.29 is 9.59 Å². The van der Waals surface area contributed by atoms with Crippen LogP contribution in [-0.2, 0) is 16.6 Å². The van der Waals surface area contributed by atoms with E-state index in [1.54, 1.807) is 6.92 Å². The van der Waals surface area contributed by atoms with E-state index >= 15 is 0 Å². The molecule has 0 N–H and O–H groups in total. The summed E-state index contributed by atoms with van der Waals surface area (Å²) < 4.78 is 2.14. The maximum atomic E-state index is 13.3. The number of carbonyl (C=O) groups is 2. The highest BCUT2D eigenvalue weighted by Gasteiger charge is 2.27. The second kappa shape index (κ2) is 8.34. The van der Waals surface area contributed by atoms with Crippen LogP contribution in [0.5, 0.6) is 0 Å². The minimum Gasteiger partial charge on any atom is -0.350 e. The van der Waals surface area contributed by atoms with E-state index < -0.39 is 0 Å². The van der Waals surface area contributed by atoms with Gasteiger partial charge in [0, 0.05) is 69.6 Å². The lowest BCUT2D eigenvalue weighted by Crippen LogP contribution is -2.50. The molecule has 4 rings (SSSR count). The van der Waals surface area contributed by atoms with E-state index in [1.807, 2.05) is 15.9 Å². The summed E-state index contributed by atoms with van der Waals surface area (Å²) in [6.07, 6.45) is 2.59. The number of hydrogen-bond donors (Lipinski definition) is 0. The van der Waals surface area contributed by atoms with Crippen LogP contribution < -0.4 is 0 Å². The van der Waals surface area contributed by atoms with Crippen molar-refractivity contribution in [2.75, 3.05) is 26.2 Å². The fourth-order valence-corrected chi connectivity index (χ4v) is 4.52. The smallest absolute Gasteiger partial charge is 0.223 e. The molecule has 1 aliphatic rings. The molecule has 2 heterocycles. The molecule has 1 fully saturated rings. The van der Waals surface area contributed by atoms with Gasteiger partial charge < -0.3 is 14.4 Å². The largest absolute Gasteiger partial charge is 0.350 e. The van der Waals surface area contributed by atoms with Crippen LogP contribution in [0, 0.1) is 6.92 Å². The van der Waals surface area contributed by atoms with Crippen molar-refractivity contribution in [1.29, 1.82) is 0 Å². The molecule has 0 bridgehead atoms. The van der Waals surface area contributed by atoms with Gasteiger partial charge in [0.05, 0.1) is 0 Å². The van der Waals surface area contributed by atoms with Crippen LogP contribution in [0.25, 0.3) is 10.9 Å². The van der Waals surface area contributed by atoms with E-state index in [9.17, 15) is 9.59 Å². The van der Waals surface area contributed by atoms with Gasteiger partial charge in [-0.1, -0.05) is 48.0 Å². The minimum absolute atomic E-state index is 0.00524. The summed E-state index contributed by atoms with van der Waals surface area (Å²) in [5.41, 5.74) is 4.73. The Morgan fingerprint density at radius 3 is 2.37 bits per heavy atom. The molecule has 0 spiro atoms. The Morgan fingerprint density at radius 2 is 1.67 bits per heavy atom. The van der Waals surface area contributed by atoms with Crippen molar-refractivity contribution in [3.05, 3.63) is 71.4 Å². The normalized spacial score (nSPS) is 15.4. The fraction of sp³-hybridized carbons (Fsp3) is 0.360. The zero-order valence-corrected chi connectivity index (χ0v) is 18.0. The molecule has 3 aromatic rings. The summed E-state index contributed by atoms with van der Waals surface area (Å²) in [5.74, 6) is 0.225. The number of amides is 2. The molecule has 1 atom stereocenters. The molecule has 156 valence electrons. The van der Waals surface area contributed by atoms with Gasteiger partial charge in [-0.05, 0) is 24.1 Å². The molecule has 1 aliphatic heterocycles. The summed E-state index contributed by atoms with van der Waals surface area (Å²) in [5, 5.41) is 1.20. The zero-order valence-electron chi connectivity index (χ0n) is 18.0. The average molecular weight is 404 g/mol. The van der Waals surface area contributed by atoms with Crippen LogP contribution in [0.15, 0.2) is 54.7 Å². The van der Waals surface area contributed by atoms with Gasteiger partial charge in [0.1, 0.15) is 0 Å². The molecule has 2 aromatic carbocycles. The first-order valence-corrected chi connectivity index (χ1v) is 10.6. The molecule has 0 saturated carbocycles. The van der Waals surface area contributed by atoms with Gasteiger partial charge in [-0.25, -0.2) is 0 Å². The third kappa shape index (κ3) is 3.97. The summed E-state index contributed by atoms with van der Waals surface area (Å²) in [4.78, 5) is 28.6. The monoisotopic (exact) mass is 403 g/mol. The first-order chi connectivity index (χ1) is 14.4. The first-order valence-electron chi connectivity index (χ1n) is 10.6. The van der Waals surface area contributed by atoms with Crippen molar-refractivity contribution in [3.63, 3.8) is 0 Å². The lowest BCUT2D eigenvalue weighted by atomic mass is 9.87. The van der Waals surface area contributed by atoms with E-state index in [0.29, 0.717) is 32.6 Å². The van der Waals surface area contributed by atoms with Crippen LogP contribution in [0.1, 0.15) is 36.0 Å². The summed E-state index contributed by atoms with van der Waals surface area (Å²) in [7, 11) is 2.06. The maximum absolute atomic E-state index is 13.3. The highest BCUT2D eigenvalue weighted by molar-refractivity contribution is 5.86. The Kier molecular flexibility index (Phi) is 5.62. The van der Waals surface area contributed by atoms with Gasteiger partial charge in [0.25, 0.3) is 0 Å². The standard InChI is InChI=1S/C25H29N3O2/c1-18-7-6-8-20(15-18)22(23-17-26(3)24-10-5-4-9-21(23)24)16-25(30)28-13-11-27(12-14-28)19(2)29/h4-10,15,17,22H,11-14,16H2,1-3H3. The van der Waals surface area contributed by atoms with Crippen LogP contribution in [0.2, 0.25) is 0 Å². The van der Waals surface area contributed by atoms with Crippen molar-refractivity contribution >= 4 is 22.7 Å². The molecule has 1 saturated heterocycles. The van der Waals surface area contributed by atoms with Crippen LogP contribution in [-0.4, -0.2) is 52.4 Å². The van der Waals surface area contributed by atoms with Gasteiger partial charge in [0.15, 0.2) is 0 Å². The molecule has 30 heavy (non-hydrogen) atoms. The number of para-hydroxylation sites is 1. The quantitative estimate of drug-likeness (QED) is 0.667. The minimum atomic E-state index is -0.00524. The number of piperazine rings is 1. The molecule has 0 radical (unpaired) electrons. The topological polar surface area (TPSA) is 45.6 Å². The number of benzene rings is 2. The predicted octanol–water partition coefficient (Wildman–Crippen LogP) is 3.70. The SMILES string of the molecule is CC(=O)N1CCN(C(=O)CC(c2cccc(C)c2)c2cn(C)c3ccccc23)CC1. The van der Waals surface area contributed by atoms with E-state index in [2.05, 4.69) is 67.2 Å². The zero-order chi connectivity index (χ0) is 21.3. The van der Waals surface area contributed by atoms with E-state index in [0.717, 1.165) is 0 Å². The van der Waals surface area contributed by atoms with Crippen LogP contribution >= 0.6 is 0 Å². The number of nitrogens with zero attached hydrogens (tertiary/aromatic N) is 3. The Bertz CT molecular complexity index is 1080. The van der Waals surface area contributed by atoms with Gasteiger partial charge in [-0.2, -0.15) is 0 Å². The maximum Gasteiger partial charge on any atom is 0.223 e. The molecule has 1 unspecified atom stereocenters. The Hall–Kier alpha value is -3.08. The lowest BCUT2D eigenvalue weighted by Gasteiger charge is -2.35. The molecule has 1 aromatic heterocycles. The fourth-order valence-electron chi connectivity index (χ4n) is 4.52. The molecule has 5 heteroatoms. The van der Waals surface area contributed by atoms with Crippen LogP contribution in [0.3, 0.4) is 0 Å². The highest BCUT2D eigenvalue weighted by Crippen LogP contribution is 2.35. The van der Waals surface area contributed by atoms with Crippen LogP contribution in [0.4, 0.5) is 0 Å². The van der Waals surface area contributed by atoms with Crippen molar-refractivity contribution in [1.82, 2.24) is 14.4 Å². The third-order valence-corrected chi connectivity index (χ3v) is 6.20. The number of aromatic nitrogens is 1. The molecule has 5 nitrogen and oxygen atoms in total. The number of carbonyl (C=O) groups excluding carboxylic acids is 2. The Labute approximate surface area is 177 Å². The number of hydrogen-bond acceptors (Lipinski definition) is 2. The van der Waals surface area contributed by atoms with Gasteiger partial charge in [0.2, 0.25) is 11.8 Å². The first kappa shape index (κ1) is 20.2. The average Bonchev–Trinajstić information content (AvgIpc) is 3.08. The third-order valence-electron chi connectivity index (χ3n) is 6.20. The van der Waals surface area contributed by atoms with Gasteiger partial charge in [-0.3, -0.25) is 9.59 Å². The summed E-state index contributed by atoms with van der Waals surface area (Å²) >= 11 is 0. The predicted molar refractivity (Wildman–Crippen MR) is 119 cm³/mol. The molecule has 2 amide bonds. The van der Waals surface area contributed by atoms with Crippen molar-refractivity contribution in [3.8, 4) is 0 Å². The second-order valence-electron chi connectivity index (χ2n) is 8.27. The van der Waals surface area contributed by atoms with E-state index in [-0.39, 0.29) is 17.7 Å². The Balaban J connectivity index is 1.65. The van der Waals surface area contributed by atoms with E-state index in [1.165, 1.54) is 27.6 Å². The highest BCUT2D eigenvalue weighted by atomic mass is 16.2. The van der Waals surface area contributed by atoms with Gasteiger partial charge >= 0.3 is 0 Å². The summed E-state index contributed by atoms with van der Waals surface area (Å²) in [6.45, 7) is 6.12. The van der Waals surface area contributed by atoms with Crippen molar-refractivity contribution in [2.24, 2.45) is 7.05 Å². The van der Waals surface area contributed by atoms with Crippen molar-refractivity contribution in [2.45, 2.75) is 26.2 Å². The number of aryl methyl sites for hydroxylation is 2. The van der Waals surface area contributed by atoms with Gasteiger partial charge in [-0.15, -0.1) is 0 Å².